The zero-order valence-electron chi connectivity index (χ0n) is 3.49. The summed E-state index contributed by atoms with van der Waals surface area (Å²) in [5.74, 6) is 0. The average Bonchev–Trinajstić information content (AvgIpc) is 1.41. The van der Waals surface area contributed by atoms with Crippen molar-refractivity contribution < 1.29 is 0 Å². The van der Waals surface area contributed by atoms with Crippen LogP contribution in [0.3, 0.4) is 0 Å². The number of rotatable bonds is 2. The van der Waals surface area contributed by atoms with Gasteiger partial charge in [-0.1, -0.05) is 13.3 Å². The summed E-state index contributed by atoms with van der Waals surface area (Å²) in [6.45, 7) is 2.21. The van der Waals surface area contributed by atoms with E-state index in [1.54, 1.807) is 0 Å². The van der Waals surface area contributed by atoms with Gasteiger partial charge in [-0.2, -0.15) is 0 Å². The molecule has 0 aromatic carbocycles. The summed E-state index contributed by atoms with van der Waals surface area (Å²) in [6, 6.07) is 0. The molecule has 0 amide bonds. The maximum absolute atomic E-state index is 2.73. The molecule has 0 saturated heterocycles. The standard InChI is InChI=1S/C3H10P2/c1-2-3-5-4/h5H,2-4H2,1H3. The van der Waals surface area contributed by atoms with Gasteiger partial charge in [0.1, 0.15) is 0 Å². The van der Waals surface area contributed by atoms with Gasteiger partial charge < -0.3 is 0 Å². The molecule has 2 heteroatoms. The Kier molecular flexibility index (Phi) is 5.70. The molecular weight excluding hydrogens is 98.0 g/mol. The van der Waals surface area contributed by atoms with Gasteiger partial charge in [0, 0.05) is 0 Å². The van der Waals surface area contributed by atoms with Gasteiger partial charge >= 0.3 is 0 Å². The minimum absolute atomic E-state index is 1.07. The second-order valence-corrected chi connectivity index (χ2v) is 3.09. The Morgan fingerprint density at radius 1 is 1.80 bits per heavy atom. The average molecular weight is 108 g/mol. The van der Waals surface area contributed by atoms with Crippen LogP contribution in [0.5, 0.6) is 0 Å². The lowest BCUT2D eigenvalue weighted by atomic mass is 10.6. The molecule has 0 radical (unpaired) electrons. The van der Waals surface area contributed by atoms with E-state index >= 15 is 0 Å². The normalized spacial score (nSPS) is 10.8. The first-order valence-corrected chi connectivity index (χ1v) is 4.87. The van der Waals surface area contributed by atoms with E-state index in [2.05, 4.69) is 15.9 Å². The van der Waals surface area contributed by atoms with Crippen LogP contribution in [0.1, 0.15) is 13.3 Å². The molecular formula is C3H10P2. The van der Waals surface area contributed by atoms with Crippen molar-refractivity contribution in [3.05, 3.63) is 0 Å². The molecule has 0 fully saturated rings. The maximum Gasteiger partial charge on any atom is -0.0322 e. The zero-order chi connectivity index (χ0) is 4.12. The van der Waals surface area contributed by atoms with Crippen LogP contribution in [0.25, 0.3) is 0 Å². The summed E-state index contributed by atoms with van der Waals surface area (Å²) >= 11 is 0. The second kappa shape index (κ2) is 4.86. The number of hydrogen-bond donors (Lipinski definition) is 0. The lowest BCUT2D eigenvalue weighted by molar-refractivity contribution is 1.11. The Balaban J connectivity index is 2.19. The third-order valence-electron chi connectivity index (χ3n) is 0.394. The van der Waals surface area contributed by atoms with Gasteiger partial charge in [0.25, 0.3) is 0 Å². The van der Waals surface area contributed by atoms with Crippen LogP contribution >= 0.6 is 17.2 Å². The van der Waals surface area contributed by atoms with E-state index in [4.69, 9.17) is 0 Å². The quantitative estimate of drug-likeness (QED) is 0.473. The predicted molar refractivity (Wildman–Crippen MR) is 33.2 cm³/mol. The van der Waals surface area contributed by atoms with Crippen molar-refractivity contribution in [3.63, 3.8) is 0 Å². The van der Waals surface area contributed by atoms with Gasteiger partial charge in [-0.15, -0.1) is 17.2 Å². The molecule has 5 heavy (non-hydrogen) atoms. The van der Waals surface area contributed by atoms with E-state index < -0.39 is 0 Å². The first-order valence-electron chi connectivity index (χ1n) is 1.85. The van der Waals surface area contributed by atoms with Crippen molar-refractivity contribution in [3.8, 4) is 0 Å². The van der Waals surface area contributed by atoms with Gasteiger partial charge in [-0.25, -0.2) is 0 Å². The Morgan fingerprint density at radius 3 is 2.40 bits per heavy atom. The summed E-state index contributed by atoms with van der Waals surface area (Å²) in [4.78, 5) is 0. The molecule has 0 N–H and O–H groups in total. The molecule has 0 bridgehead atoms. The van der Waals surface area contributed by atoms with Crippen LogP contribution in [0, 0.1) is 0 Å². The van der Waals surface area contributed by atoms with Crippen LogP contribution in [-0.2, 0) is 0 Å². The van der Waals surface area contributed by atoms with Crippen LogP contribution in [0.2, 0.25) is 0 Å². The van der Waals surface area contributed by atoms with Crippen molar-refractivity contribution in [2.45, 2.75) is 13.3 Å². The number of hydrogen-bond acceptors (Lipinski definition) is 0. The molecule has 0 aromatic rings. The van der Waals surface area contributed by atoms with E-state index in [1.807, 2.05) is 0 Å². The van der Waals surface area contributed by atoms with Gasteiger partial charge in [0.05, 0.1) is 0 Å². The van der Waals surface area contributed by atoms with Crippen molar-refractivity contribution in [1.82, 2.24) is 0 Å². The highest BCUT2D eigenvalue weighted by molar-refractivity contribution is 8.02. The summed E-state index contributed by atoms with van der Waals surface area (Å²) < 4.78 is 0. The third-order valence-corrected chi connectivity index (χ3v) is 2.05. The fourth-order valence-corrected chi connectivity index (χ4v) is 1.30. The molecule has 0 saturated carbocycles. The van der Waals surface area contributed by atoms with Crippen LogP contribution < -0.4 is 0 Å². The molecule has 0 aliphatic rings. The van der Waals surface area contributed by atoms with Crippen LogP contribution in [0.4, 0.5) is 0 Å². The van der Waals surface area contributed by atoms with E-state index in [9.17, 15) is 0 Å². The molecule has 0 nitrogen and oxygen atoms in total. The largest absolute Gasteiger partial charge is 0.114 e. The lowest BCUT2D eigenvalue weighted by Crippen LogP contribution is -1.57. The fraction of sp³-hybridized carbons (Fsp3) is 1.00. The van der Waals surface area contributed by atoms with Crippen molar-refractivity contribution in [2.24, 2.45) is 0 Å². The van der Waals surface area contributed by atoms with Crippen molar-refractivity contribution in [2.75, 3.05) is 6.16 Å². The maximum atomic E-state index is 2.73. The van der Waals surface area contributed by atoms with Gasteiger partial charge in [0.2, 0.25) is 0 Å². The van der Waals surface area contributed by atoms with E-state index in [1.165, 1.54) is 12.6 Å². The molecule has 0 aliphatic heterocycles. The molecule has 0 aliphatic carbocycles. The van der Waals surface area contributed by atoms with E-state index in [0.717, 1.165) is 8.27 Å². The van der Waals surface area contributed by atoms with E-state index in [-0.39, 0.29) is 0 Å². The van der Waals surface area contributed by atoms with Crippen molar-refractivity contribution >= 4 is 17.2 Å². The minimum Gasteiger partial charge on any atom is -0.114 e. The topological polar surface area (TPSA) is 0 Å². The molecule has 2 atom stereocenters. The Morgan fingerprint density at radius 2 is 2.40 bits per heavy atom. The summed E-state index contributed by atoms with van der Waals surface area (Å²) in [5, 5.41) is 0. The van der Waals surface area contributed by atoms with Gasteiger partial charge in [-0.3, -0.25) is 0 Å². The molecule has 2 unspecified atom stereocenters. The Hall–Kier alpha value is 0.860. The summed E-state index contributed by atoms with van der Waals surface area (Å²) in [5.41, 5.74) is 0. The highest BCUT2D eigenvalue weighted by atomic mass is 32.0. The monoisotopic (exact) mass is 108 g/mol. The first kappa shape index (κ1) is 5.86. The minimum atomic E-state index is 1.07. The Bertz CT molecular complexity index is 12.4. The lowest BCUT2D eigenvalue weighted by Gasteiger charge is -1.80. The van der Waals surface area contributed by atoms with Crippen molar-refractivity contribution in [1.29, 1.82) is 0 Å². The highest BCUT2D eigenvalue weighted by Crippen LogP contribution is 2.19. The predicted octanol–water partition coefficient (Wildman–Crippen LogP) is 1.87. The Labute approximate surface area is 37.6 Å². The first-order chi connectivity index (χ1) is 2.41. The van der Waals surface area contributed by atoms with E-state index in [0.29, 0.717) is 0 Å². The van der Waals surface area contributed by atoms with Crippen LogP contribution in [0.15, 0.2) is 0 Å². The molecule has 0 rings (SSSR count). The SMILES string of the molecule is CCCPP. The third kappa shape index (κ3) is 4.86. The summed E-state index contributed by atoms with van der Waals surface area (Å²) in [7, 11) is 3.80. The van der Waals surface area contributed by atoms with Gasteiger partial charge in [0.15, 0.2) is 0 Å². The van der Waals surface area contributed by atoms with Crippen LogP contribution in [-0.4, -0.2) is 6.16 Å². The molecule has 32 valence electrons. The molecule has 0 heterocycles. The smallest absolute Gasteiger partial charge is 0.0322 e. The molecule has 0 spiro atoms. The highest BCUT2D eigenvalue weighted by Gasteiger charge is 1.67. The molecule has 0 aromatic heterocycles. The zero-order valence-corrected chi connectivity index (χ0v) is 5.65. The summed E-state index contributed by atoms with van der Waals surface area (Å²) in [6.07, 6.45) is 2.71. The fourth-order valence-electron chi connectivity index (χ4n) is 0.144. The second-order valence-electron chi connectivity index (χ2n) is 0.954. The van der Waals surface area contributed by atoms with Gasteiger partial charge in [-0.05, 0) is 6.16 Å².